The summed E-state index contributed by atoms with van der Waals surface area (Å²) in [6.07, 6.45) is 2.30. The molecule has 0 aliphatic carbocycles. The van der Waals surface area contributed by atoms with E-state index in [1.807, 2.05) is 32.0 Å². The highest BCUT2D eigenvalue weighted by Gasteiger charge is 2.23. The predicted octanol–water partition coefficient (Wildman–Crippen LogP) is 3.25. The molecule has 1 heterocycles. The largest absolute Gasteiger partial charge is 0.477 e. The van der Waals surface area contributed by atoms with Gasteiger partial charge in [0.05, 0.1) is 0 Å². The van der Waals surface area contributed by atoms with E-state index in [2.05, 4.69) is 0 Å². The van der Waals surface area contributed by atoms with Crippen molar-refractivity contribution in [2.45, 2.75) is 19.9 Å². The van der Waals surface area contributed by atoms with E-state index in [1.165, 1.54) is 0 Å². The molecule has 0 radical (unpaired) electrons. The molecule has 98 valence electrons. The summed E-state index contributed by atoms with van der Waals surface area (Å²) in [6, 6.07) is 9.08. The Labute approximate surface area is 111 Å². The molecule has 0 unspecified atom stereocenters. The molecule has 0 atom stereocenters. The van der Waals surface area contributed by atoms with Crippen molar-refractivity contribution >= 4 is 12.3 Å². The first-order valence-corrected chi connectivity index (χ1v) is 6.05. The van der Waals surface area contributed by atoms with Gasteiger partial charge in [0.15, 0.2) is 6.29 Å². The van der Waals surface area contributed by atoms with Crippen molar-refractivity contribution in [3.63, 3.8) is 0 Å². The summed E-state index contributed by atoms with van der Waals surface area (Å²) in [6.45, 7) is 3.77. The van der Waals surface area contributed by atoms with Crippen LogP contribution in [0.4, 0.5) is 0 Å². The van der Waals surface area contributed by atoms with Crippen molar-refractivity contribution in [1.82, 2.24) is 4.57 Å². The van der Waals surface area contributed by atoms with E-state index in [1.54, 1.807) is 22.9 Å². The lowest BCUT2D eigenvalue weighted by molar-refractivity contribution is 0.0684. The van der Waals surface area contributed by atoms with E-state index in [0.29, 0.717) is 17.4 Å². The number of aromatic nitrogens is 1. The Kier molecular flexibility index (Phi) is 3.51. The lowest BCUT2D eigenvalue weighted by Crippen LogP contribution is -2.10. The monoisotopic (exact) mass is 257 g/mol. The number of hydrogen-bond acceptors (Lipinski definition) is 2. The van der Waals surface area contributed by atoms with Crippen molar-refractivity contribution in [3.05, 3.63) is 47.8 Å². The molecule has 0 aliphatic rings. The molecule has 0 amide bonds. The highest BCUT2D eigenvalue weighted by Crippen LogP contribution is 2.30. The second-order valence-corrected chi connectivity index (χ2v) is 4.60. The molecule has 0 spiro atoms. The van der Waals surface area contributed by atoms with Crippen LogP contribution in [0.1, 0.15) is 40.7 Å². The third-order valence-electron chi connectivity index (χ3n) is 3.01. The van der Waals surface area contributed by atoms with Crippen LogP contribution in [0.5, 0.6) is 0 Å². The Morgan fingerprint density at radius 2 is 1.89 bits per heavy atom. The fourth-order valence-electron chi connectivity index (χ4n) is 2.17. The smallest absolute Gasteiger partial charge is 0.353 e. The molecule has 1 aromatic heterocycles. The van der Waals surface area contributed by atoms with Crippen molar-refractivity contribution < 1.29 is 14.7 Å². The quantitative estimate of drug-likeness (QED) is 0.855. The van der Waals surface area contributed by atoms with E-state index in [4.69, 9.17) is 0 Å². The number of carbonyl (C=O) groups is 2. The highest BCUT2D eigenvalue weighted by atomic mass is 16.4. The van der Waals surface area contributed by atoms with Crippen LogP contribution >= 0.6 is 0 Å². The van der Waals surface area contributed by atoms with Crippen LogP contribution in [0.15, 0.2) is 36.5 Å². The molecule has 4 heteroatoms. The van der Waals surface area contributed by atoms with Gasteiger partial charge in [0.25, 0.3) is 0 Å². The van der Waals surface area contributed by atoms with Gasteiger partial charge in [-0.1, -0.05) is 30.3 Å². The summed E-state index contributed by atoms with van der Waals surface area (Å²) in [7, 11) is 0. The van der Waals surface area contributed by atoms with Gasteiger partial charge in [-0.3, -0.25) is 4.79 Å². The van der Waals surface area contributed by atoms with E-state index in [0.717, 1.165) is 5.56 Å². The summed E-state index contributed by atoms with van der Waals surface area (Å²) in [5.74, 6) is -1.03. The SMILES string of the molecule is CC(C)n1cc(C=O)c(-c2ccccc2)c1C(=O)O. The minimum absolute atomic E-state index is 0.0257. The third-order valence-corrected chi connectivity index (χ3v) is 3.01. The average molecular weight is 257 g/mol. The number of carbonyl (C=O) groups excluding carboxylic acids is 1. The predicted molar refractivity (Wildman–Crippen MR) is 72.6 cm³/mol. The molecule has 1 aromatic carbocycles. The molecular weight excluding hydrogens is 242 g/mol. The maximum absolute atomic E-state index is 11.5. The number of carboxylic acids is 1. The molecule has 0 bridgehead atoms. The summed E-state index contributed by atoms with van der Waals surface area (Å²) in [5.41, 5.74) is 1.78. The molecule has 0 fully saturated rings. The number of carboxylic acid groups (broad SMARTS) is 1. The van der Waals surface area contributed by atoms with Crippen LogP contribution in [0.3, 0.4) is 0 Å². The lowest BCUT2D eigenvalue weighted by atomic mass is 10.0. The minimum Gasteiger partial charge on any atom is -0.477 e. The third kappa shape index (κ3) is 2.29. The molecule has 19 heavy (non-hydrogen) atoms. The van der Waals surface area contributed by atoms with Gasteiger partial charge in [-0.05, 0) is 19.4 Å². The molecular formula is C15H15NO3. The molecule has 0 saturated heterocycles. The van der Waals surface area contributed by atoms with Crippen molar-refractivity contribution in [2.24, 2.45) is 0 Å². The normalized spacial score (nSPS) is 10.7. The first-order chi connectivity index (χ1) is 9.06. The van der Waals surface area contributed by atoms with Crippen LogP contribution in [0.2, 0.25) is 0 Å². The fraction of sp³-hybridized carbons (Fsp3) is 0.200. The van der Waals surface area contributed by atoms with E-state index >= 15 is 0 Å². The average Bonchev–Trinajstić information content (AvgIpc) is 2.79. The Morgan fingerprint density at radius 1 is 1.26 bits per heavy atom. The zero-order valence-corrected chi connectivity index (χ0v) is 10.8. The van der Waals surface area contributed by atoms with Crippen LogP contribution in [0, 0.1) is 0 Å². The number of aromatic carboxylic acids is 1. The number of aldehydes is 1. The van der Waals surface area contributed by atoms with Crippen LogP contribution < -0.4 is 0 Å². The molecule has 1 N–H and O–H groups in total. The van der Waals surface area contributed by atoms with Crippen molar-refractivity contribution in [2.75, 3.05) is 0 Å². The lowest BCUT2D eigenvalue weighted by Gasteiger charge is -2.11. The Bertz CT molecular complexity index is 612. The van der Waals surface area contributed by atoms with Gasteiger partial charge >= 0.3 is 5.97 Å². The molecule has 0 saturated carbocycles. The first-order valence-electron chi connectivity index (χ1n) is 6.05. The second-order valence-electron chi connectivity index (χ2n) is 4.60. The van der Waals surface area contributed by atoms with Gasteiger partial charge in [0.1, 0.15) is 5.69 Å². The van der Waals surface area contributed by atoms with Gasteiger partial charge in [0.2, 0.25) is 0 Å². The first kappa shape index (κ1) is 13.1. The Morgan fingerprint density at radius 3 is 2.37 bits per heavy atom. The summed E-state index contributed by atoms with van der Waals surface area (Å²) in [4.78, 5) is 22.7. The highest BCUT2D eigenvalue weighted by molar-refractivity contribution is 6.01. The van der Waals surface area contributed by atoms with Crippen LogP contribution in [-0.4, -0.2) is 21.9 Å². The number of nitrogens with zero attached hydrogens (tertiary/aromatic N) is 1. The number of hydrogen-bond donors (Lipinski definition) is 1. The van der Waals surface area contributed by atoms with Gasteiger partial charge in [-0.2, -0.15) is 0 Å². The summed E-state index contributed by atoms with van der Waals surface area (Å²) in [5, 5.41) is 9.43. The van der Waals surface area contributed by atoms with Gasteiger partial charge in [-0.25, -0.2) is 4.79 Å². The second kappa shape index (κ2) is 5.10. The minimum atomic E-state index is -1.03. The fourth-order valence-corrected chi connectivity index (χ4v) is 2.17. The number of benzene rings is 1. The molecule has 4 nitrogen and oxygen atoms in total. The van der Waals surface area contributed by atoms with Gasteiger partial charge < -0.3 is 9.67 Å². The zero-order chi connectivity index (χ0) is 14.0. The standard InChI is InChI=1S/C15H15NO3/c1-10(2)16-8-12(9-17)13(14(16)15(18)19)11-6-4-3-5-7-11/h3-10H,1-2H3,(H,18,19). The van der Waals surface area contributed by atoms with E-state index in [-0.39, 0.29) is 11.7 Å². The van der Waals surface area contributed by atoms with E-state index < -0.39 is 5.97 Å². The summed E-state index contributed by atoms with van der Waals surface area (Å²) < 4.78 is 1.62. The summed E-state index contributed by atoms with van der Waals surface area (Å²) >= 11 is 0. The Hall–Kier alpha value is -2.36. The molecule has 0 aliphatic heterocycles. The molecule has 2 aromatic rings. The number of rotatable bonds is 4. The van der Waals surface area contributed by atoms with Crippen LogP contribution in [-0.2, 0) is 0 Å². The maximum Gasteiger partial charge on any atom is 0.353 e. The molecule has 2 rings (SSSR count). The van der Waals surface area contributed by atoms with Crippen molar-refractivity contribution in [1.29, 1.82) is 0 Å². The topological polar surface area (TPSA) is 59.3 Å². The van der Waals surface area contributed by atoms with E-state index in [9.17, 15) is 14.7 Å². The van der Waals surface area contributed by atoms with Gasteiger partial charge in [0, 0.05) is 23.4 Å². The zero-order valence-electron chi connectivity index (χ0n) is 10.8. The maximum atomic E-state index is 11.5. The van der Waals surface area contributed by atoms with Crippen LogP contribution in [0.25, 0.3) is 11.1 Å². The van der Waals surface area contributed by atoms with Gasteiger partial charge in [-0.15, -0.1) is 0 Å². The van der Waals surface area contributed by atoms with Crippen molar-refractivity contribution in [3.8, 4) is 11.1 Å². The Balaban J connectivity index is 2.77.